The Hall–Kier alpha value is -1.06. The first-order valence-corrected chi connectivity index (χ1v) is 4.04. The smallest absolute Gasteiger partial charge is 0.337 e. The van der Waals surface area contributed by atoms with Gasteiger partial charge in [0.05, 0.1) is 0 Å². The minimum atomic E-state index is -1.01. The van der Waals surface area contributed by atoms with E-state index in [9.17, 15) is 4.79 Å². The Morgan fingerprint density at radius 1 is 1.46 bits per heavy atom. The van der Waals surface area contributed by atoms with Gasteiger partial charge < -0.3 is 9.84 Å². The molecule has 0 aliphatic rings. The normalized spacial score (nSPS) is 12.5. The lowest BCUT2D eigenvalue weighted by Gasteiger charge is -2.09. The highest BCUT2D eigenvalue weighted by Gasteiger charge is 2.18. The summed E-state index contributed by atoms with van der Waals surface area (Å²) in [4.78, 5) is 10.7. The molecule has 0 radical (unpaired) electrons. The molecule has 3 nitrogen and oxygen atoms in total. The number of ether oxygens (including phenoxy) is 1. The van der Waals surface area contributed by atoms with Gasteiger partial charge >= 0.3 is 5.97 Å². The first-order chi connectivity index (χ1) is 6.15. The van der Waals surface area contributed by atoms with Crippen molar-refractivity contribution in [2.24, 2.45) is 0 Å². The van der Waals surface area contributed by atoms with Crippen LogP contribution in [0.5, 0.6) is 0 Å². The topological polar surface area (TPSA) is 46.5 Å². The second kappa shape index (κ2) is 4.25. The highest BCUT2D eigenvalue weighted by Crippen LogP contribution is 2.18. The molecule has 13 heavy (non-hydrogen) atoms. The number of hydrogen-bond acceptors (Lipinski definition) is 2. The molecule has 1 unspecified atom stereocenters. The minimum Gasteiger partial charge on any atom is -0.479 e. The average Bonchev–Trinajstić information content (AvgIpc) is 2.09. The van der Waals surface area contributed by atoms with Crippen molar-refractivity contribution < 1.29 is 14.6 Å². The zero-order valence-corrected chi connectivity index (χ0v) is 7.78. The predicted octanol–water partition coefficient (Wildman–Crippen LogP) is 2.11. The summed E-state index contributed by atoms with van der Waals surface area (Å²) in [5, 5.41) is 9.31. The maximum absolute atomic E-state index is 10.7. The fraction of sp³-hybridized carbons (Fsp3) is 0.222. The minimum absolute atomic E-state index is 0.573. The molecular weight excluding hydrogens is 192 g/mol. The third-order valence-electron chi connectivity index (χ3n) is 1.63. The van der Waals surface area contributed by atoms with E-state index < -0.39 is 12.1 Å². The van der Waals surface area contributed by atoms with Crippen LogP contribution in [0.4, 0.5) is 0 Å². The Morgan fingerprint density at radius 2 is 2.00 bits per heavy atom. The van der Waals surface area contributed by atoms with Gasteiger partial charge in [-0.15, -0.1) is 0 Å². The van der Waals surface area contributed by atoms with Crippen LogP contribution in [-0.2, 0) is 9.53 Å². The highest BCUT2D eigenvalue weighted by molar-refractivity contribution is 6.30. The van der Waals surface area contributed by atoms with Gasteiger partial charge in [-0.2, -0.15) is 0 Å². The molecule has 1 aromatic rings. The number of halogens is 1. The molecule has 1 N–H and O–H groups in total. The lowest BCUT2D eigenvalue weighted by molar-refractivity contribution is -0.148. The standard InChI is InChI=1S/C9H9ClO3/c1-13-8(9(11)12)6-2-4-7(10)5-3-6/h2-5,8H,1H3,(H,11,12). The number of carboxylic acids is 1. The third-order valence-corrected chi connectivity index (χ3v) is 1.88. The van der Waals surface area contributed by atoms with Crippen LogP contribution < -0.4 is 0 Å². The summed E-state index contributed by atoms with van der Waals surface area (Å²) in [5.74, 6) is -1.01. The van der Waals surface area contributed by atoms with E-state index in [1.165, 1.54) is 7.11 Å². The van der Waals surface area contributed by atoms with Crippen molar-refractivity contribution in [2.75, 3.05) is 7.11 Å². The number of hydrogen-bond donors (Lipinski definition) is 1. The molecule has 0 spiro atoms. The summed E-state index contributed by atoms with van der Waals surface area (Å²) in [6.45, 7) is 0. The number of aliphatic carboxylic acids is 1. The molecular formula is C9H9ClO3. The van der Waals surface area contributed by atoms with Crippen LogP contribution in [0, 0.1) is 0 Å². The Kier molecular flexibility index (Phi) is 3.28. The lowest BCUT2D eigenvalue weighted by Crippen LogP contribution is -2.13. The predicted molar refractivity (Wildman–Crippen MR) is 48.8 cm³/mol. The van der Waals surface area contributed by atoms with E-state index in [4.69, 9.17) is 21.4 Å². The summed E-state index contributed by atoms with van der Waals surface area (Å²) in [5.41, 5.74) is 0.583. The van der Waals surface area contributed by atoms with Gasteiger partial charge in [-0.1, -0.05) is 23.7 Å². The van der Waals surface area contributed by atoms with E-state index in [-0.39, 0.29) is 0 Å². The quantitative estimate of drug-likeness (QED) is 0.813. The van der Waals surface area contributed by atoms with Gasteiger partial charge in [0.15, 0.2) is 6.10 Å². The number of carboxylic acid groups (broad SMARTS) is 1. The fourth-order valence-electron chi connectivity index (χ4n) is 1.02. The van der Waals surface area contributed by atoms with Crippen LogP contribution in [0.1, 0.15) is 11.7 Å². The SMILES string of the molecule is COC(C(=O)O)c1ccc(Cl)cc1. The highest BCUT2D eigenvalue weighted by atomic mass is 35.5. The van der Waals surface area contributed by atoms with Crippen molar-refractivity contribution in [1.29, 1.82) is 0 Å². The maximum Gasteiger partial charge on any atom is 0.337 e. The number of rotatable bonds is 3. The zero-order valence-electron chi connectivity index (χ0n) is 7.03. The van der Waals surface area contributed by atoms with Gasteiger partial charge in [-0.25, -0.2) is 4.79 Å². The molecule has 1 aromatic carbocycles. The van der Waals surface area contributed by atoms with E-state index in [0.29, 0.717) is 10.6 Å². The summed E-state index contributed by atoms with van der Waals surface area (Å²) in [6.07, 6.45) is -0.919. The number of benzene rings is 1. The van der Waals surface area contributed by atoms with Crippen LogP contribution in [0.15, 0.2) is 24.3 Å². The van der Waals surface area contributed by atoms with Crippen molar-refractivity contribution in [3.05, 3.63) is 34.9 Å². The second-order valence-electron chi connectivity index (χ2n) is 2.51. The van der Waals surface area contributed by atoms with Crippen LogP contribution in [0.3, 0.4) is 0 Å². The van der Waals surface area contributed by atoms with E-state index in [1.807, 2.05) is 0 Å². The molecule has 0 aromatic heterocycles. The van der Waals surface area contributed by atoms with Crippen molar-refractivity contribution >= 4 is 17.6 Å². The molecule has 0 aliphatic carbocycles. The largest absolute Gasteiger partial charge is 0.479 e. The Balaban J connectivity index is 2.92. The lowest BCUT2D eigenvalue weighted by atomic mass is 10.1. The molecule has 0 amide bonds. The molecule has 1 atom stereocenters. The van der Waals surface area contributed by atoms with Gasteiger partial charge in [-0.05, 0) is 17.7 Å². The maximum atomic E-state index is 10.7. The van der Waals surface area contributed by atoms with Crippen LogP contribution in [-0.4, -0.2) is 18.2 Å². The van der Waals surface area contributed by atoms with Gasteiger partial charge in [0, 0.05) is 12.1 Å². The van der Waals surface area contributed by atoms with E-state index in [2.05, 4.69) is 0 Å². The van der Waals surface area contributed by atoms with Crippen LogP contribution in [0.25, 0.3) is 0 Å². The molecule has 70 valence electrons. The van der Waals surface area contributed by atoms with Crippen LogP contribution >= 0.6 is 11.6 Å². The molecule has 0 bridgehead atoms. The molecule has 0 saturated heterocycles. The molecule has 0 heterocycles. The van der Waals surface area contributed by atoms with Crippen molar-refractivity contribution in [1.82, 2.24) is 0 Å². The Labute approximate surface area is 80.9 Å². The number of methoxy groups -OCH3 is 1. The summed E-state index contributed by atoms with van der Waals surface area (Å²) >= 11 is 5.65. The van der Waals surface area contributed by atoms with Crippen molar-refractivity contribution in [3.63, 3.8) is 0 Å². The molecule has 0 fully saturated rings. The van der Waals surface area contributed by atoms with E-state index in [0.717, 1.165) is 0 Å². The molecule has 0 aliphatic heterocycles. The zero-order chi connectivity index (χ0) is 9.84. The fourth-order valence-corrected chi connectivity index (χ4v) is 1.14. The van der Waals surface area contributed by atoms with Crippen molar-refractivity contribution in [2.45, 2.75) is 6.10 Å². The van der Waals surface area contributed by atoms with Gasteiger partial charge in [0.1, 0.15) is 0 Å². The molecule has 1 rings (SSSR count). The summed E-state index contributed by atoms with van der Waals surface area (Å²) in [7, 11) is 1.35. The Morgan fingerprint density at radius 3 is 2.38 bits per heavy atom. The van der Waals surface area contributed by atoms with Gasteiger partial charge in [-0.3, -0.25) is 0 Å². The van der Waals surface area contributed by atoms with Crippen molar-refractivity contribution in [3.8, 4) is 0 Å². The molecule has 4 heteroatoms. The third kappa shape index (κ3) is 2.44. The van der Waals surface area contributed by atoms with Gasteiger partial charge in [0.25, 0.3) is 0 Å². The average molecular weight is 201 g/mol. The second-order valence-corrected chi connectivity index (χ2v) is 2.94. The summed E-state index contributed by atoms with van der Waals surface area (Å²) < 4.78 is 4.80. The first-order valence-electron chi connectivity index (χ1n) is 3.66. The summed E-state index contributed by atoms with van der Waals surface area (Å²) in [6, 6.07) is 6.52. The van der Waals surface area contributed by atoms with E-state index >= 15 is 0 Å². The van der Waals surface area contributed by atoms with Crippen LogP contribution in [0.2, 0.25) is 5.02 Å². The first kappa shape index (κ1) is 10.0. The number of carbonyl (C=O) groups is 1. The van der Waals surface area contributed by atoms with E-state index in [1.54, 1.807) is 24.3 Å². The monoisotopic (exact) mass is 200 g/mol. The molecule has 0 saturated carbocycles. The van der Waals surface area contributed by atoms with Gasteiger partial charge in [0.2, 0.25) is 0 Å². The Bertz CT molecular complexity index is 294.